The maximum atomic E-state index is 11.9. The topological polar surface area (TPSA) is 51.7 Å². The molecule has 1 spiro atoms. The van der Waals surface area contributed by atoms with Gasteiger partial charge in [-0.1, -0.05) is 6.92 Å². The molecule has 2 aliphatic heterocycles. The van der Waals surface area contributed by atoms with Gasteiger partial charge in [0.15, 0.2) is 0 Å². The van der Waals surface area contributed by atoms with Crippen molar-refractivity contribution >= 4 is 5.91 Å². The van der Waals surface area contributed by atoms with Crippen LogP contribution in [0.3, 0.4) is 0 Å². The predicted molar refractivity (Wildman–Crippen MR) is 82.6 cm³/mol. The Kier molecular flexibility index (Phi) is 4.62. The number of likely N-dealkylation sites (tertiary alicyclic amines) is 1. The van der Waals surface area contributed by atoms with E-state index in [0.717, 1.165) is 44.7 Å². The minimum absolute atomic E-state index is 0.109. The number of aromatic nitrogens is 1. The van der Waals surface area contributed by atoms with Crippen molar-refractivity contribution < 1.29 is 14.3 Å². The van der Waals surface area contributed by atoms with Crippen molar-refractivity contribution in [3.05, 3.63) is 24.5 Å². The van der Waals surface area contributed by atoms with Gasteiger partial charge in [0, 0.05) is 19.2 Å². The Balaban J connectivity index is 1.47. The Morgan fingerprint density at radius 2 is 2.41 bits per heavy atom. The van der Waals surface area contributed by atoms with E-state index in [1.54, 1.807) is 12.4 Å². The van der Waals surface area contributed by atoms with Gasteiger partial charge >= 0.3 is 0 Å². The first-order valence-corrected chi connectivity index (χ1v) is 8.18. The number of amides is 1. The highest BCUT2D eigenvalue weighted by atomic mass is 16.5. The number of pyridine rings is 1. The van der Waals surface area contributed by atoms with Crippen molar-refractivity contribution in [3.8, 4) is 5.75 Å². The Hall–Kier alpha value is -1.62. The van der Waals surface area contributed by atoms with Crippen LogP contribution in [-0.2, 0) is 9.53 Å². The van der Waals surface area contributed by atoms with Crippen LogP contribution in [0.15, 0.2) is 24.5 Å². The van der Waals surface area contributed by atoms with Crippen molar-refractivity contribution in [3.63, 3.8) is 0 Å². The first kappa shape index (κ1) is 15.3. The van der Waals surface area contributed by atoms with Gasteiger partial charge in [0.05, 0.1) is 25.9 Å². The maximum Gasteiger partial charge on any atom is 0.222 e. The lowest BCUT2D eigenvalue weighted by molar-refractivity contribution is -0.165. The van der Waals surface area contributed by atoms with Gasteiger partial charge in [-0.3, -0.25) is 9.78 Å². The van der Waals surface area contributed by atoms with Crippen LogP contribution in [0.2, 0.25) is 0 Å². The summed E-state index contributed by atoms with van der Waals surface area (Å²) >= 11 is 0. The first-order valence-electron chi connectivity index (χ1n) is 8.18. The Morgan fingerprint density at radius 3 is 3.14 bits per heavy atom. The van der Waals surface area contributed by atoms with Gasteiger partial charge in [-0.25, -0.2) is 0 Å². The lowest BCUT2D eigenvalue weighted by Crippen LogP contribution is -2.66. The second kappa shape index (κ2) is 6.65. The number of hydrogen-bond donors (Lipinski definition) is 0. The number of nitrogens with zero attached hydrogens (tertiary/aromatic N) is 2. The zero-order chi connectivity index (χ0) is 15.4. The van der Waals surface area contributed by atoms with Crippen LogP contribution >= 0.6 is 0 Å². The highest BCUT2D eigenvalue weighted by molar-refractivity contribution is 5.77. The normalized spacial score (nSPS) is 22.6. The summed E-state index contributed by atoms with van der Waals surface area (Å²) in [7, 11) is 0. The fraction of sp³-hybridized carbons (Fsp3) is 0.647. The van der Waals surface area contributed by atoms with E-state index >= 15 is 0 Å². The van der Waals surface area contributed by atoms with E-state index in [4.69, 9.17) is 9.47 Å². The van der Waals surface area contributed by atoms with Crippen molar-refractivity contribution in [1.82, 2.24) is 9.88 Å². The molecule has 0 aliphatic carbocycles. The third-order valence-electron chi connectivity index (χ3n) is 4.70. The molecule has 0 N–H and O–H groups in total. The summed E-state index contributed by atoms with van der Waals surface area (Å²) in [6, 6.07) is 3.79. The van der Waals surface area contributed by atoms with Gasteiger partial charge < -0.3 is 14.4 Å². The molecule has 1 unspecified atom stereocenters. The fourth-order valence-corrected chi connectivity index (χ4v) is 3.44. The zero-order valence-electron chi connectivity index (χ0n) is 13.2. The highest BCUT2D eigenvalue weighted by Crippen LogP contribution is 2.41. The number of hydrogen-bond acceptors (Lipinski definition) is 4. The first-order chi connectivity index (χ1) is 10.7. The van der Waals surface area contributed by atoms with E-state index in [-0.39, 0.29) is 11.5 Å². The highest BCUT2D eigenvalue weighted by Gasteiger charge is 2.53. The lowest BCUT2D eigenvalue weighted by Gasteiger charge is -2.50. The van der Waals surface area contributed by atoms with Crippen molar-refractivity contribution in [1.29, 1.82) is 0 Å². The molecule has 22 heavy (non-hydrogen) atoms. The molecule has 2 aliphatic rings. The van der Waals surface area contributed by atoms with Gasteiger partial charge in [-0.15, -0.1) is 0 Å². The molecule has 0 saturated carbocycles. The van der Waals surface area contributed by atoms with Crippen LogP contribution in [-0.4, -0.2) is 47.7 Å². The molecule has 5 heteroatoms. The third kappa shape index (κ3) is 3.09. The quantitative estimate of drug-likeness (QED) is 0.809. The van der Waals surface area contributed by atoms with Crippen molar-refractivity contribution in [2.45, 2.75) is 38.2 Å². The van der Waals surface area contributed by atoms with E-state index in [2.05, 4.69) is 4.98 Å². The maximum absolute atomic E-state index is 11.9. The van der Waals surface area contributed by atoms with Crippen LogP contribution in [0.25, 0.3) is 0 Å². The monoisotopic (exact) mass is 304 g/mol. The fourth-order valence-electron chi connectivity index (χ4n) is 3.44. The van der Waals surface area contributed by atoms with Crippen molar-refractivity contribution in [2.75, 3.05) is 26.3 Å². The zero-order valence-corrected chi connectivity index (χ0v) is 13.2. The molecule has 1 aromatic heterocycles. The number of carbonyl (C=O) groups is 1. The van der Waals surface area contributed by atoms with Gasteiger partial charge in [0.1, 0.15) is 11.4 Å². The standard InChI is InChI=1S/C17H24N2O3/c1-2-4-16(20)19-12-17(13-19)14(7-10-22-17)6-9-21-15-5-3-8-18-11-15/h3,5,8,11,14H,2,4,6-7,9-10,12-13H2,1H3. The summed E-state index contributed by atoms with van der Waals surface area (Å²) in [6.45, 7) is 5.02. The van der Waals surface area contributed by atoms with E-state index < -0.39 is 0 Å². The van der Waals surface area contributed by atoms with E-state index in [1.807, 2.05) is 24.0 Å². The SMILES string of the molecule is CCCC(=O)N1CC2(C1)OCCC2CCOc1cccnc1. The smallest absolute Gasteiger partial charge is 0.222 e. The molecule has 120 valence electrons. The molecule has 1 aromatic rings. The van der Waals surface area contributed by atoms with Crippen LogP contribution in [0.5, 0.6) is 5.75 Å². The second-order valence-corrected chi connectivity index (χ2v) is 6.22. The van der Waals surface area contributed by atoms with Crippen LogP contribution in [0.4, 0.5) is 0 Å². The van der Waals surface area contributed by atoms with Gasteiger partial charge in [0.25, 0.3) is 0 Å². The van der Waals surface area contributed by atoms with Gasteiger partial charge in [-0.2, -0.15) is 0 Å². The summed E-state index contributed by atoms with van der Waals surface area (Å²) in [5, 5.41) is 0. The van der Waals surface area contributed by atoms with Gasteiger partial charge in [-0.05, 0) is 37.3 Å². The molecule has 1 atom stereocenters. The molecule has 0 radical (unpaired) electrons. The summed E-state index contributed by atoms with van der Waals surface area (Å²) in [6.07, 6.45) is 7.05. The Morgan fingerprint density at radius 1 is 1.55 bits per heavy atom. The lowest BCUT2D eigenvalue weighted by atomic mass is 9.79. The largest absolute Gasteiger partial charge is 0.492 e. The van der Waals surface area contributed by atoms with E-state index in [0.29, 0.717) is 18.9 Å². The predicted octanol–water partition coefficient (Wildman–Crippen LogP) is 2.27. The molecular weight excluding hydrogens is 280 g/mol. The molecule has 3 heterocycles. The number of rotatable bonds is 6. The van der Waals surface area contributed by atoms with E-state index in [9.17, 15) is 4.79 Å². The molecule has 0 aromatic carbocycles. The molecule has 0 bridgehead atoms. The molecule has 5 nitrogen and oxygen atoms in total. The van der Waals surface area contributed by atoms with Crippen molar-refractivity contribution in [2.24, 2.45) is 5.92 Å². The average Bonchev–Trinajstić information content (AvgIpc) is 2.91. The third-order valence-corrected chi connectivity index (χ3v) is 4.70. The molecule has 2 saturated heterocycles. The summed E-state index contributed by atoms with van der Waals surface area (Å²) in [4.78, 5) is 17.9. The average molecular weight is 304 g/mol. The van der Waals surface area contributed by atoms with Crippen LogP contribution < -0.4 is 4.74 Å². The van der Waals surface area contributed by atoms with E-state index in [1.165, 1.54) is 0 Å². The van der Waals surface area contributed by atoms with Crippen LogP contribution in [0, 0.1) is 5.92 Å². The summed E-state index contributed by atoms with van der Waals surface area (Å²) in [5.41, 5.74) is -0.109. The number of carbonyl (C=O) groups excluding carboxylic acids is 1. The minimum Gasteiger partial charge on any atom is -0.492 e. The molecular formula is C17H24N2O3. The minimum atomic E-state index is -0.109. The van der Waals surface area contributed by atoms with Crippen LogP contribution in [0.1, 0.15) is 32.6 Å². The Labute approximate surface area is 131 Å². The molecule has 3 rings (SSSR count). The summed E-state index contributed by atoms with van der Waals surface area (Å²) < 4.78 is 11.7. The molecule has 2 fully saturated rings. The Bertz CT molecular complexity index is 500. The van der Waals surface area contributed by atoms with Gasteiger partial charge in [0.2, 0.25) is 5.91 Å². The second-order valence-electron chi connectivity index (χ2n) is 6.22. The number of ether oxygens (including phenoxy) is 2. The molecule has 1 amide bonds. The summed E-state index contributed by atoms with van der Waals surface area (Å²) in [5.74, 6) is 1.55.